The number of carboxylic acids is 1. The zero-order valence-electron chi connectivity index (χ0n) is 10.2. The van der Waals surface area contributed by atoms with Gasteiger partial charge in [0.2, 0.25) is 11.8 Å². The van der Waals surface area contributed by atoms with Gasteiger partial charge in [0.25, 0.3) is 0 Å². The molecule has 0 aliphatic rings. The lowest BCUT2D eigenvalue weighted by Crippen LogP contribution is -2.42. The van der Waals surface area contributed by atoms with Gasteiger partial charge in [-0.2, -0.15) is 0 Å². The first-order valence-electron chi connectivity index (χ1n) is 5.13. The van der Waals surface area contributed by atoms with E-state index in [1.807, 2.05) is 0 Å². The molecule has 0 bridgehead atoms. The molecule has 7 heteroatoms. The van der Waals surface area contributed by atoms with Crippen LogP contribution in [0.1, 0.15) is 6.92 Å². The Morgan fingerprint density at radius 2 is 2.00 bits per heavy atom. The molecule has 0 aromatic carbocycles. The zero-order chi connectivity index (χ0) is 13.4. The van der Waals surface area contributed by atoms with E-state index in [0.29, 0.717) is 13.2 Å². The molecule has 0 radical (unpaired) electrons. The highest BCUT2D eigenvalue weighted by atomic mass is 16.5. The average Bonchev–Trinajstić information content (AvgIpc) is 2.27. The lowest BCUT2D eigenvalue weighted by atomic mass is 10.1. The predicted molar refractivity (Wildman–Crippen MR) is 59.3 cm³/mol. The molecule has 2 N–H and O–H groups in total. The van der Waals surface area contributed by atoms with Crippen molar-refractivity contribution in [2.75, 3.05) is 33.9 Å². The molecule has 17 heavy (non-hydrogen) atoms. The van der Waals surface area contributed by atoms with E-state index in [1.54, 1.807) is 0 Å². The second-order valence-electron chi connectivity index (χ2n) is 3.60. The van der Waals surface area contributed by atoms with Crippen LogP contribution in [-0.4, -0.2) is 61.6 Å². The number of aliphatic carboxylic acids is 1. The number of nitrogens with zero attached hydrogens (tertiary/aromatic N) is 1. The lowest BCUT2D eigenvalue weighted by Gasteiger charge is -2.18. The maximum absolute atomic E-state index is 11.5. The number of carbonyl (C=O) groups is 3. The van der Waals surface area contributed by atoms with Crippen LogP contribution in [0.15, 0.2) is 0 Å². The molecule has 7 nitrogen and oxygen atoms in total. The molecule has 0 aliphatic heterocycles. The normalized spacial score (nSPS) is 11.7. The van der Waals surface area contributed by atoms with Crippen LogP contribution >= 0.6 is 0 Å². The summed E-state index contributed by atoms with van der Waals surface area (Å²) in [5, 5.41) is 11.2. The Hall–Kier alpha value is -1.63. The molecule has 0 heterocycles. The monoisotopic (exact) mass is 246 g/mol. The van der Waals surface area contributed by atoms with Crippen LogP contribution in [0, 0.1) is 5.92 Å². The summed E-state index contributed by atoms with van der Waals surface area (Å²) in [6.07, 6.45) is 0. The van der Waals surface area contributed by atoms with Crippen LogP contribution in [-0.2, 0) is 19.1 Å². The Morgan fingerprint density at radius 1 is 1.41 bits per heavy atom. The van der Waals surface area contributed by atoms with E-state index >= 15 is 0 Å². The van der Waals surface area contributed by atoms with Gasteiger partial charge < -0.3 is 20.1 Å². The molecular formula is C10H18N2O5. The van der Waals surface area contributed by atoms with E-state index in [2.05, 4.69) is 5.32 Å². The van der Waals surface area contributed by atoms with Gasteiger partial charge in [0, 0.05) is 20.7 Å². The fraction of sp³-hybridized carbons (Fsp3) is 0.700. The Bertz CT molecular complexity index is 292. The fourth-order valence-corrected chi connectivity index (χ4v) is 1.08. The van der Waals surface area contributed by atoms with Gasteiger partial charge in [0.1, 0.15) is 5.92 Å². The molecule has 0 spiro atoms. The molecule has 1 unspecified atom stereocenters. The van der Waals surface area contributed by atoms with E-state index in [-0.39, 0.29) is 12.5 Å². The lowest BCUT2D eigenvalue weighted by molar-refractivity contribution is -0.150. The minimum atomic E-state index is -1.21. The quantitative estimate of drug-likeness (QED) is 0.440. The topological polar surface area (TPSA) is 95.9 Å². The molecule has 0 rings (SSSR count). The van der Waals surface area contributed by atoms with Crippen LogP contribution in [0.25, 0.3) is 0 Å². The van der Waals surface area contributed by atoms with E-state index in [1.165, 1.54) is 21.1 Å². The summed E-state index contributed by atoms with van der Waals surface area (Å²) < 4.78 is 4.74. The van der Waals surface area contributed by atoms with E-state index in [9.17, 15) is 14.4 Å². The van der Waals surface area contributed by atoms with Crippen molar-refractivity contribution in [3.8, 4) is 0 Å². The number of carboxylic acid groups (broad SMARTS) is 1. The molecule has 98 valence electrons. The number of hydrogen-bond acceptors (Lipinski definition) is 4. The molecule has 1 atom stereocenters. The van der Waals surface area contributed by atoms with Gasteiger partial charge in [-0.1, -0.05) is 0 Å². The third-order valence-electron chi connectivity index (χ3n) is 2.13. The summed E-state index contributed by atoms with van der Waals surface area (Å²) in [5.74, 6) is -3.30. The van der Waals surface area contributed by atoms with Crippen LogP contribution in [0.4, 0.5) is 0 Å². The molecule has 0 fully saturated rings. The smallest absolute Gasteiger partial charge is 0.315 e. The Labute approximate surface area is 99.7 Å². The number of amides is 2. The highest BCUT2D eigenvalue weighted by molar-refractivity contribution is 5.97. The highest BCUT2D eigenvalue weighted by Crippen LogP contribution is 2.00. The minimum Gasteiger partial charge on any atom is -0.481 e. The predicted octanol–water partition coefficient (Wildman–Crippen LogP) is -1.07. The number of ether oxygens (including phenoxy) is 1. The molecule has 0 saturated heterocycles. The fourth-order valence-electron chi connectivity index (χ4n) is 1.08. The third-order valence-corrected chi connectivity index (χ3v) is 2.13. The van der Waals surface area contributed by atoms with Gasteiger partial charge in [-0.25, -0.2) is 0 Å². The number of methoxy groups -OCH3 is 1. The SMILES string of the molecule is COCCNC(=O)CN(C)C(=O)C(C)C(=O)O. The summed E-state index contributed by atoms with van der Waals surface area (Å²) in [7, 11) is 2.90. The maximum atomic E-state index is 11.5. The van der Waals surface area contributed by atoms with Crippen molar-refractivity contribution in [2.24, 2.45) is 5.92 Å². The Kier molecular flexibility index (Phi) is 6.88. The van der Waals surface area contributed by atoms with Crippen molar-refractivity contribution < 1.29 is 24.2 Å². The van der Waals surface area contributed by atoms with Gasteiger partial charge in [-0.3, -0.25) is 14.4 Å². The summed E-state index contributed by atoms with van der Waals surface area (Å²) in [5.41, 5.74) is 0. The Balaban J connectivity index is 4.07. The van der Waals surface area contributed by atoms with Gasteiger partial charge in [-0.15, -0.1) is 0 Å². The summed E-state index contributed by atoms with van der Waals surface area (Å²) in [6, 6.07) is 0. The first-order valence-corrected chi connectivity index (χ1v) is 5.13. The maximum Gasteiger partial charge on any atom is 0.315 e. The number of likely N-dealkylation sites (N-methyl/N-ethyl adjacent to an activating group) is 1. The van der Waals surface area contributed by atoms with Crippen molar-refractivity contribution in [2.45, 2.75) is 6.92 Å². The number of hydrogen-bond donors (Lipinski definition) is 2. The van der Waals surface area contributed by atoms with E-state index in [0.717, 1.165) is 4.90 Å². The van der Waals surface area contributed by atoms with Gasteiger partial charge >= 0.3 is 5.97 Å². The second-order valence-corrected chi connectivity index (χ2v) is 3.60. The second kappa shape index (κ2) is 7.61. The average molecular weight is 246 g/mol. The molecule has 0 aliphatic carbocycles. The van der Waals surface area contributed by atoms with Crippen LogP contribution < -0.4 is 5.32 Å². The molecule has 2 amide bonds. The Morgan fingerprint density at radius 3 is 2.47 bits per heavy atom. The van der Waals surface area contributed by atoms with Crippen molar-refractivity contribution in [3.05, 3.63) is 0 Å². The summed E-state index contributed by atoms with van der Waals surface area (Å²) in [4.78, 5) is 34.5. The number of carbonyl (C=O) groups excluding carboxylic acids is 2. The molecule has 0 saturated carbocycles. The molecular weight excluding hydrogens is 228 g/mol. The highest BCUT2D eigenvalue weighted by Gasteiger charge is 2.24. The van der Waals surface area contributed by atoms with Crippen molar-refractivity contribution in [1.29, 1.82) is 0 Å². The number of rotatable bonds is 7. The third kappa shape index (κ3) is 5.86. The van der Waals surface area contributed by atoms with Crippen LogP contribution in [0.5, 0.6) is 0 Å². The molecule has 0 aromatic rings. The van der Waals surface area contributed by atoms with Gasteiger partial charge in [-0.05, 0) is 6.92 Å². The minimum absolute atomic E-state index is 0.167. The first kappa shape index (κ1) is 15.4. The van der Waals surface area contributed by atoms with E-state index < -0.39 is 17.8 Å². The van der Waals surface area contributed by atoms with Gasteiger partial charge in [0.15, 0.2) is 0 Å². The van der Waals surface area contributed by atoms with Crippen molar-refractivity contribution in [1.82, 2.24) is 10.2 Å². The summed E-state index contributed by atoms with van der Waals surface area (Å²) >= 11 is 0. The van der Waals surface area contributed by atoms with Crippen LogP contribution in [0.2, 0.25) is 0 Å². The van der Waals surface area contributed by atoms with Crippen molar-refractivity contribution >= 4 is 17.8 Å². The largest absolute Gasteiger partial charge is 0.481 e. The number of nitrogens with one attached hydrogen (secondary N) is 1. The first-order chi connectivity index (χ1) is 7.90. The standard InChI is InChI=1S/C10H18N2O5/c1-7(10(15)16)9(14)12(2)6-8(13)11-4-5-17-3/h7H,4-6H2,1-3H3,(H,11,13)(H,15,16). The molecule has 0 aromatic heterocycles. The van der Waals surface area contributed by atoms with Gasteiger partial charge in [0.05, 0.1) is 13.2 Å². The van der Waals surface area contributed by atoms with Crippen LogP contribution in [0.3, 0.4) is 0 Å². The summed E-state index contributed by atoms with van der Waals surface area (Å²) in [6.45, 7) is 1.85. The van der Waals surface area contributed by atoms with E-state index in [4.69, 9.17) is 9.84 Å². The van der Waals surface area contributed by atoms with Crippen molar-refractivity contribution in [3.63, 3.8) is 0 Å². The zero-order valence-corrected chi connectivity index (χ0v) is 10.2.